The lowest BCUT2D eigenvalue weighted by atomic mass is 9.83. The molecule has 1 aliphatic carbocycles. The summed E-state index contributed by atoms with van der Waals surface area (Å²) in [4.78, 5) is 1.06. The summed E-state index contributed by atoms with van der Waals surface area (Å²) in [5.74, 6) is 0.820. The molecule has 106 valence electrons. The fraction of sp³-hybridized carbons (Fsp3) is 0.600. The van der Waals surface area contributed by atoms with Gasteiger partial charge in [-0.3, -0.25) is 0 Å². The minimum atomic E-state index is 0.271. The van der Waals surface area contributed by atoms with E-state index in [1.165, 1.54) is 25.7 Å². The Morgan fingerprint density at radius 3 is 2.84 bits per heavy atom. The molecule has 0 spiro atoms. The first-order chi connectivity index (χ1) is 9.10. The summed E-state index contributed by atoms with van der Waals surface area (Å²) in [5, 5.41) is 1.97. The van der Waals surface area contributed by atoms with Crippen molar-refractivity contribution in [2.45, 2.75) is 55.2 Å². The number of hydrogen-bond acceptors (Lipinski definition) is 2. The van der Waals surface area contributed by atoms with Crippen LogP contribution in [-0.2, 0) is 0 Å². The van der Waals surface area contributed by atoms with Crippen LogP contribution in [0, 0.1) is 5.92 Å². The molecule has 0 saturated heterocycles. The van der Waals surface area contributed by atoms with Gasteiger partial charge in [0.25, 0.3) is 0 Å². The molecule has 3 unspecified atom stereocenters. The highest BCUT2D eigenvalue weighted by atomic mass is 35.5. The van der Waals surface area contributed by atoms with Crippen molar-refractivity contribution in [3.8, 4) is 0 Å². The van der Waals surface area contributed by atoms with E-state index in [4.69, 9.17) is 28.9 Å². The van der Waals surface area contributed by atoms with E-state index in [1.807, 2.05) is 18.2 Å². The maximum Gasteiger partial charge on any atom is 0.0543 e. The van der Waals surface area contributed by atoms with Crippen LogP contribution in [0.3, 0.4) is 0 Å². The SMILES string of the molecule is CCCC1CCC(N)C(Sc2cc(Cl)ccc2Cl)C1. The first kappa shape index (κ1) is 15.5. The Hall–Kier alpha value is 0.110. The minimum absolute atomic E-state index is 0.271. The third-order valence-corrected chi connectivity index (χ3v) is 5.93. The van der Waals surface area contributed by atoms with Gasteiger partial charge in [0.2, 0.25) is 0 Å². The van der Waals surface area contributed by atoms with Crippen LogP contribution >= 0.6 is 35.0 Å². The van der Waals surface area contributed by atoms with Crippen molar-refractivity contribution >= 4 is 35.0 Å². The second-order valence-electron chi connectivity index (χ2n) is 5.36. The first-order valence-corrected chi connectivity index (χ1v) is 8.61. The van der Waals surface area contributed by atoms with E-state index in [-0.39, 0.29) is 6.04 Å². The lowest BCUT2D eigenvalue weighted by molar-refractivity contribution is 0.317. The van der Waals surface area contributed by atoms with Gasteiger partial charge < -0.3 is 5.73 Å². The van der Waals surface area contributed by atoms with Crippen LogP contribution in [-0.4, -0.2) is 11.3 Å². The molecule has 0 aliphatic heterocycles. The molecule has 1 fully saturated rings. The summed E-state index contributed by atoms with van der Waals surface area (Å²) in [6, 6.07) is 5.91. The molecule has 4 heteroatoms. The van der Waals surface area contributed by atoms with Crippen LogP contribution < -0.4 is 5.73 Å². The number of benzene rings is 1. The summed E-state index contributed by atoms with van der Waals surface area (Å²) >= 11 is 14.1. The van der Waals surface area contributed by atoms with E-state index in [0.29, 0.717) is 5.25 Å². The van der Waals surface area contributed by atoms with Crippen molar-refractivity contribution in [1.29, 1.82) is 0 Å². The summed E-state index contributed by atoms with van der Waals surface area (Å²) in [5.41, 5.74) is 6.28. The summed E-state index contributed by atoms with van der Waals surface area (Å²) in [7, 11) is 0. The van der Waals surface area contributed by atoms with Crippen molar-refractivity contribution in [3.63, 3.8) is 0 Å². The predicted molar refractivity (Wildman–Crippen MR) is 86.3 cm³/mol. The average molecular weight is 318 g/mol. The highest BCUT2D eigenvalue weighted by Crippen LogP contribution is 2.40. The van der Waals surface area contributed by atoms with Gasteiger partial charge >= 0.3 is 0 Å². The molecule has 2 rings (SSSR count). The lowest BCUT2D eigenvalue weighted by Gasteiger charge is -2.33. The molecule has 1 aliphatic rings. The van der Waals surface area contributed by atoms with Crippen molar-refractivity contribution in [3.05, 3.63) is 28.2 Å². The fourth-order valence-electron chi connectivity index (χ4n) is 2.77. The number of rotatable bonds is 4. The van der Waals surface area contributed by atoms with Crippen LogP contribution in [0.5, 0.6) is 0 Å². The molecule has 0 heterocycles. The molecule has 19 heavy (non-hydrogen) atoms. The second kappa shape index (κ2) is 7.21. The molecular formula is C15H21Cl2NS. The van der Waals surface area contributed by atoms with Gasteiger partial charge in [-0.15, -0.1) is 11.8 Å². The van der Waals surface area contributed by atoms with Gasteiger partial charge in [-0.25, -0.2) is 0 Å². The zero-order valence-corrected chi connectivity index (χ0v) is 13.6. The quantitative estimate of drug-likeness (QED) is 0.806. The lowest BCUT2D eigenvalue weighted by Crippen LogP contribution is -2.38. The number of thioether (sulfide) groups is 1. The maximum absolute atomic E-state index is 6.28. The Bertz CT molecular complexity index is 425. The van der Waals surface area contributed by atoms with Gasteiger partial charge in [0.1, 0.15) is 0 Å². The number of hydrogen-bond donors (Lipinski definition) is 1. The van der Waals surface area contributed by atoms with Gasteiger partial charge in [-0.2, -0.15) is 0 Å². The van der Waals surface area contributed by atoms with Crippen molar-refractivity contribution < 1.29 is 0 Å². The molecule has 1 nitrogen and oxygen atoms in total. The normalized spacial score (nSPS) is 27.5. The van der Waals surface area contributed by atoms with Crippen LogP contribution in [0.2, 0.25) is 10.0 Å². The molecule has 2 N–H and O–H groups in total. The molecule has 0 bridgehead atoms. The Morgan fingerprint density at radius 2 is 2.11 bits per heavy atom. The van der Waals surface area contributed by atoms with E-state index < -0.39 is 0 Å². The van der Waals surface area contributed by atoms with Crippen molar-refractivity contribution in [1.82, 2.24) is 0 Å². The van der Waals surface area contributed by atoms with Crippen LogP contribution in [0.15, 0.2) is 23.1 Å². The Balaban J connectivity index is 2.05. The average Bonchev–Trinajstić information content (AvgIpc) is 2.38. The number of nitrogens with two attached hydrogens (primary N) is 1. The zero-order chi connectivity index (χ0) is 13.8. The molecular weight excluding hydrogens is 297 g/mol. The van der Waals surface area contributed by atoms with E-state index in [9.17, 15) is 0 Å². The third kappa shape index (κ3) is 4.29. The molecule has 0 aromatic heterocycles. The fourth-order valence-corrected chi connectivity index (χ4v) is 4.64. The minimum Gasteiger partial charge on any atom is -0.327 e. The Labute approximate surface area is 130 Å². The topological polar surface area (TPSA) is 26.0 Å². The van der Waals surface area contributed by atoms with Crippen molar-refractivity contribution in [2.75, 3.05) is 0 Å². The summed E-state index contributed by atoms with van der Waals surface area (Å²) in [6.45, 7) is 2.25. The Kier molecular flexibility index (Phi) is 5.88. The third-order valence-electron chi connectivity index (χ3n) is 3.82. The maximum atomic E-state index is 6.28. The van der Waals surface area contributed by atoms with E-state index in [2.05, 4.69) is 6.92 Å². The second-order valence-corrected chi connectivity index (χ2v) is 7.49. The van der Waals surface area contributed by atoms with E-state index in [1.54, 1.807) is 11.8 Å². The largest absolute Gasteiger partial charge is 0.327 e. The molecule has 1 saturated carbocycles. The molecule has 0 radical (unpaired) electrons. The monoisotopic (exact) mass is 317 g/mol. The number of halogens is 2. The Morgan fingerprint density at radius 1 is 1.32 bits per heavy atom. The summed E-state index contributed by atoms with van der Waals surface area (Å²) in [6.07, 6.45) is 6.17. The predicted octanol–water partition coefficient (Wildman–Crippen LogP) is 5.38. The zero-order valence-electron chi connectivity index (χ0n) is 11.2. The highest BCUT2D eigenvalue weighted by Gasteiger charge is 2.28. The van der Waals surface area contributed by atoms with Gasteiger partial charge in [0.05, 0.1) is 5.02 Å². The van der Waals surface area contributed by atoms with E-state index >= 15 is 0 Å². The van der Waals surface area contributed by atoms with E-state index in [0.717, 1.165) is 27.3 Å². The van der Waals surface area contributed by atoms with Crippen LogP contribution in [0.4, 0.5) is 0 Å². The van der Waals surface area contributed by atoms with Gasteiger partial charge in [-0.1, -0.05) is 43.0 Å². The first-order valence-electron chi connectivity index (χ1n) is 6.97. The highest BCUT2D eigenvalue weighted by molar-refractivity contribution is 8.00. The smallest absolute Gasteiger partial charge is 0.0543 e. The van der Waals surface area contributed by atoms with Crippen molar-refractivity contribution in [2.24, 2.45) is 11.7 Å². The molecule has 3 atom stereocenters. The molecule has 1 aromatic carbocycles. The standard InChI is InChI=1S/C15H21Cl2NS/c1-2-3-10-4-7-13(18)15(8-10)19-14-9-11(16)5-6-12(14)17/h5-6,9-10,13,15H,2-4,7-8,18H2,1H3. The molecule has 0 amide bonds. The summed E-state index contributed by atoms with van der Waals surface area (Å²) < 4.78 is 0. The van der Waals surface area contributed by atoms with Gasteiger partial charge in [0.15, 0.2) is 0 Å². The van der Waals surface area contributed by atoms with Gasteiger partial charge in [-0.05, 0) is 43.4 Å². The van der Waals surface area contributed by atoms with Gasteiger partial charge in [0, 0.05) is 21.2 Å². The van der Waals surface area contributed by atoms with Crippen LogP contribution in [0.1, 0.15) is 39.0 Å². The van der Waals surface area contributed by atoms with Crippen LogP contribution in [0.25, 0.3) is 0 Å². The molecule has 1 aromatic rings.